The number of hydrogen-bond acceptors (Lipinski definition) is 3. The maximum absolute atomic E-state index is 6.19. The Balaban J connectivity index is 2.18. The maximum atomic E-state index is 6.19. The minimum atomic E-state index is -0.0675. The Bertz CT molecular complexity index is 539. The highest BCUT2D eigenvalue weighted by Crippen LogP contribution is 2.26. The number of ether oxygens (including phenoxy) is 1. The van der Waals surface area contributed by atoms with Crippen LogP contribution in [0.2, 0.25) is 0 Å². The average Bonchev–Trinajstić information content (AvgIpc) is 2.79. The molecule has 5 heteroatoms. The average molecular weight is 310 g/mol. The smallest absolute Gasteiger partial charge is 0.119 e. The lowest BCUT2D eigenvalue weighted by molar-refractivity contribution is 0.414. The SMILES string of the molecule is COc1ccc(Br)c(CC(N)c2cnn(C)c2)c1. The van der Waals surface area contributed by atoms with Gasteiger partial charge in [-0.1, -0.05) is 15.9 Å². The van der Waals surface area contributed by atoms with Crippen LogP contribution in [0.5, 0.6) is 5.75 Å². The standard InChI is InChI=1S/C13H16BrN3O/c1-17-8-10(7-16-17)13(15)6-9-5-11(18-2)3-4-12(9)14/h3-5,7-8,13H,6,15H2,1-2H3. The number of halogens is 1. The lowest BCUT2D eigenvalue weighted by Crippen LogP contribution is -2.13. The van der Waals surface area contributed by atoms with Gasteiger partial charge in [0.15, 0.2) is 0 Å². The molecule has 0 spiro atoms. The van der Waals surface area contributed by atoms with E-state index >= 15 is 0 Å². The van der Waals surface area contributed by atoms with Gasteiger partial charge < -0.3 is 10.5 Å². The molecule has 2 aromatic rings. The zero-order valence-corrected chi connectivity index (χ0v) is 12.0. The van der Waals surface area contributed by atoms with Gasteiger partial charge in [-0.25, -0.2) is 0 Å². The van der Waals surface area contributed by atoms with E-state index in [1.54, 1.807) is 18.0 Å². The summed E-state index contributed by atoms with van der Waals surface area (Å²) in [6.45, 7) is 0. The van der Waals surface area contributed by atoms with Crippen molar-refractivity contribution in [2.45, 2.75) is 12.5 Å². The van der Waals surface area contributed by atoms with Crippen LogP contribution in [0.1, 0.15) is 17.2 Å². The van der Waals surface area contributed by atoms with Gasteiger partial charge in [-0.05, 0) is 30.2 Å². The van der Waals surface area contributed by atoms with E-state index in [4.69, 9.17) is 10.5 Å². The van der Waals surface area contributed by atoms with Gasteiger partial charge in [0.05, 0.1) is 13.3 Å². The third-order valence-electron chi connectivity index (χ3n) is 2.85. The number of nitrogens with two attached hydrogens (primary N) is 1. The zero-order chi connectivity index (χ0) is 13.1. The molecule has 1 aromatic heterocycles. The molecule has 2 N–H and O–H groups in total. The van der Waals surface area contributed by atoms with Crippen molar-refractivity contribution < 1.29 is 4.74 Å². The van der Waals surface area contributed by atoms with Crippen molar-refractivity contribution in [2.24, 2.45) is 12.8 Å². The molecule has 0 aliphatic heterocycles. The van der Waals surface area contributed by atoms with Crippen LogP contribution < -0.4 is 10.5 Å². The quantitative estimate of drug-likeness (QED) is 0.943. The van der Waals surface area contributed by atoms with E-state index in [2.05, 4.69) is 21.0 Å². The second-order valence-electron chi connectivity index (χ2n) is 4.22. The first-order chi connectivity index (χ1) is 8.60. The molecule has 0 aliphatic carbocycles. The maximum Gasteiger partial charge on any atom is 0.119 e. The highest BCUT2D eigenvalue weighted by atomic mass is 79.9. The number of aryl methyl sites for hydroxylation is 1. The summed E-state index contributed by atoms with van der Waals surface area (Å²) in [4.78, 5) is 0. The van der Waals surface area contributed by atoms with Gasteiger partial charge in [-0.2, -0.15) is 5.10 Å². The normalized spacial score (nSPS) is 12.4. The fourth-order valence-electron chi connectivity index (χ4n) is 1.82. The number of rotatable bonds is 4. The van der Waals surface area contributed by atoms with Crippen LogP contribution in [0.4, 0.5) is 0 Å². The molecular formula is C13H16BrN3O. The molecule has 1 atom stereocenters. The van der Waals surface area contributed by atoms with Crippen molar-refractivity contribution in [1.82, 2.24) is 9.78 Å². The first kappa shape index (κ1) is 13.1. The molecule has 1 heterocycles. The van der Waals surface area contributed by atoms with Crippen LogP contribution in [-0.4, -0.2) is 16.9 Å². The fourth-order valence-corrected chi connectivity index (χ4v) is 2.23. The topological polar surface area (TPSA) is 53.1 Å². The summed E-state index contributed by atoms with van der Waals surface area (Å²) < 4.78 is 8.03. The van der Waals surface area contributed by atoms with Crippen LogP contribution in [0.3, 0.4) is 0 Å². The summed E-state index contributed by atoms with van der Waals surface area (Å²) in [5.41, 5.74) is 8.35. The van der Waals surface area contributed by atoms with E-state index < -0.39 is 0 Å². The summed E-state index contributed by atoms with van der Waals surface area (Å²) >= 11 is 3.53. The minimum Gasteiger partial charge on any atom is -0.497 e. The fraction of sp³-hybridized carbons (Fsp3) is 0.308. The summed E-state index contributed by atoms with van der Waals surface area (Å²) in [7, 11) is 3.55. The number of aromatic nitrogens is 2. The summed E-state index contributed by atoms with van der Waals surface area (Å²) in [5, 5.41) is 4.14. The molecule has 0 saturated carbocycles. The number of benzene rings is 1. The Morgan fingerprint density at radius 3 is 2.89 bits per heavy atom. The predicted molar refractivity (Wildman–Crippen MR) is 74.5 cm³/mol. The Morgan fingerprint density at radius 1 is 1.50 bits per heavy atom. The van der Waals surface area contributed by atoms with Gasteiger partial charge in [0, 0.05) is 29.3 Å². The van der Waals surface area contributed by atoms with E-state index in [0.717, 1.165) is 27.8 Å². The molecule has 0 aliphatic rings. The van der Waals surface area contributed by atoms with Gasteiger partial charge in [-0.3, -0.25) is 4.68 Å². The van der Waals surface area contributed by atoms with Crippen molar-refractivity contribution in [3.05, 3.63) is 46.2 Å². The third kappa shape index (κ3) is 2.91. The molecule has 18 heavy (non-hydrogen) atoms. The van der Waals surface area contributed by atoms with Gasteiger partial charge in [0.2, 0.25) is 0 Å². The van der Waals surface area contributed by atoms with Crippen molar-refractivity contribution >= 4 is 15.9 Å². The minimum absolute atomic E-state index is 0.0675. The van der Waals surface area contributed by atoms with Gasteiger partial charge in [-0.15, -0.1) is 0 Å². The van der Waals surface area contributed by atoms with Gasteiger partial charge in [0.1, 0.15) is 5.75 Å². The van der Waals surface area contributed by atoms with Gasteiger partial charge >= 0.3 is 0 Å². The zero-order valence-electron chi connectivity index (χ0n) is 10.4. The van der Waals surface area contributed by atoms with Crippen LogP contribution in [0.15, 0.2) is 35.1 Å². The molecule has 96 valence electrons. The molecule has 1 aromatic carbocycles. The van der Waals surface area contributed by atoms with E-state index in [0.29, 0.717) is 0 Å². The molecule has 0 bridgehead atoms. The molecule has 4 nitrogen and oxygen atoms in total. The Kier molecular flexibility index (Phi) is 4.04. The summed E-state index contributed by atoms with van der Waals surface area (Å²) in [6.07, 6.45) is 4.49. The van der Waals surface area contributed by atoms with Crippen LogP contribution in [0.25, 0.3) is 0 Å². The molecule has 0 fully saturated rings. The molecular weight excluding hydrogens is 294 g/mol. The number of methoxy groups -OCH3 is 1. The molecule has 2 rings (SSSR count). The first-order valence-electron chi connectivity index (χ1n) is 5.66. The van der Waals surface area contributed by atoms with E-state index in [1.165, 1.54) is 0 Å². The van der Waals surface area contributed by atoms with E-state index in [9.17, 15) is 0 Å². The molecule has 0 saturated heterocycles. The van der Waals surface area contributed by atoms with Crippen LogP contribution in [-0.2, 0) is 13.5 Å². The Hall–Kier alpha value is -1.33. The highest BCUT2D eigenvalue weighted by molar-refractivity contribution is 9.10. The van der Waals surface area contributed by atoms with E-state index in [1.807, 2.05) is 31.4 Å². The largest absolute Gasteiger partial charge is 0.497 e. The first-order valence-corrected chi connectivity index (χ1v) is 6.46. The predicted octanol–water partition coefficient (Wildman–Crippen LogP) is 2.43. The third-order valence-corrected chi connectivity index (χ3v) is 3.62. The van der Waals surface area contributed by atoms with Crippen LogP contribution in [0, 0.1) is 0 Å². The molecule has 1 unspecified atom stereocenters. The number of nitrogens with zero attached hydrogens (tertiary/aromatic N) is 2. The van der Waals surface area contributed by atoms with Crippen molar-refractivity contribution in [1.29, 1.82) is 0 Å². The molecule has 0 radical (unpaired) electrons. The molecule has 0 amide bonds. The Morgan fingerprint density at radius 2 is 2.28 bits per heavy atom. The second-order valence-corrected chi connectivity index (χ2v) is 5.07. The monoisotopic (exact) mass is 309 g/mol. The second kappa shape index (κ2) is 5.54. The Labute approximate surface area is 115 Å². The lowest BCUT2D eigenvalue weighted by atomic mass is 10.0. The highest BCUT2D eigenvalue weighted by Gasteiger charge is 2.11. The summed E-state index contributed by atoms with van der Waals surface area (Å²) in [5.74, 6) is 0.839. The van der Waals surface area contributed by atoms with Gasteiger partial charge in [0.25, 0.3) is 0 Å². The van der Waals surface area contributed by atoms with Crippen molar-refractivity contribution in [3.8, 4) is 5.75 Å². The van der Waals surface area contributed by atoms with Crippen molar-refractivity contribution in [2.75, 3.05) is 7.11 Å². The number of hydrogen-bond donors (Lipinski definition) is 1. The van der Waals surface area contributed by atoms with Crippen LogP contribution >= 0.6 is 15.9 Å². The van der Waals surface area contributed by atoms with Crippen molar-refractivity contribution in [3.63, 3.8) is 0 Å². The summed E-state index contributed by atoms with van der Waals surface area (Å²) in [6, 6.07) is 5.83. The lowest BCUT2D eigenvalue weighted by Gasteiger charge is -2.12. The van der Waals surface area contributed by atoms with E-state index in [-0.39, 0.29) is 6.04 Å².